The smallest absolute Gasteiger partial charge is 0.220 e. The molecule has 0 spiro atoms. The summed E-state index contributed by atoms with van der Waals surface area (Å²) in [4.78, 5) is 0. The molecule has 0 atom stereocenters. The molecule has 0 unspecified atom stereocenters. The van der Waals surface area contributed by atoms with Crippen molar-refractivity contribution in [3.05, 3.63) is 198 Å². The molecule has 0 fully saturated rings. The molecule has 0 saturated heterocycles. The maximum absolute atomic E-state index is 3.33. The van der Waals surface area contributed by atoms with Crippen LogP contribution in [0.5, 0.6) is 0 Å². The van der Waals surface area contributed by atoms with Crippen molar-refractivity contribution in [2.75, 3.05) is 7.05 Å². The molecule has 8 rings (SSSR count). The van der Waals surface area contributed by atoms with E-state index in [1.54, 1.807) is 0 Å². The minimum atomic E-state index is 0. The van der Waals surface area contributed by atoms with E-state index in [0.717, 1.165) is 11.3 Å². The van der Waals surface area contributed by atoms with Crippen LogP contribution >= 0.6 is 0 Å². The summed E-state index contributed by atoms with van der Waals surface area (Å²) < 4.78 is 6.36. The van der Waals surface area contributed by atoms with Crippen LogP contribution in [0.4, 0.5) is 5.69 Å². The summed E-state index contributed by atoms with van der Waals surface area (Å²) in [5.41, 5.74) is 11.1. The number of pyridine rings is 2. The quantitative estimate of drug-likeness (QED) is 0.0960. The van der Waals surface area contributed by atoms with Gasteiger partial charge in [0.15, 0.2) is 18.6 Å². The minimum absolute atomic E-state index is 0. The maximum Gasteiger partial charge on any atom is 0.220 e. The molecule has 0 N–H and O–H groups in total. The molecule has 0 bridgehead atoms. The number of hydrogen-bond donors (Lipinski definition) is 0. The normalized spacial score (nSPS) is 10.8. The second-order valence-electron chi connectivity index (χ2n) is 13.1. The third-order valence-electron chi connectivity index (χ3n) is 9.36. The molecular formula is C49H46N3Y+. The number of para-hydroxylation sites is 1. The average molecular weight is 766 g/mol. The molecule has 0 aliphatic rings. The Hall–Kier alpha value is -5.09. The SMILES string of the molecule is Cc1ccccc1-c1c2ccccc2cc[n+]1C.Cc1ccccc1-c1cc2ccccc2c[n+]1C.Cc1ccccc1[C-]=[N+](C)c1[c-]cccc1.[Y]. The fourth-order valence-electron chi connectivity index (χ4n) is 6.44. The summed E-state index contributed by atoms with van der Waals surface area (Å²) in [6.45, 7) is 6.41. The van der Waals surface area contributed by atoms with Gasteiger partial charge >= 0.3 is 0 Å². The van der Waals surface area contributed by atoms with Crippen molar-refractivity contribution in [2.24, 2.45) is 14.1 Å². The van der Waals surface area contributed by atoms with Gasteiger partial charge in [0.05, 0.1) is 5.39 Å². The van der Waals surface area contributed by atoms with Crippen molar-refractivity contribution in [1.82, 2.24) is 0 Å². The third kappa shape index (κ3) is 9.67. The van der Waals surface area contributed by atoms with Gasteiger partial charge in [-0.3, -0.25) is 4.58 Å². The van der Waals surface area contributed by atoms with E-state index in [2.05, 4.69) is 190 Å². The minimum Gasteiger partial charge on any atom is -0.299 e. The number of aryl methyl sites for hydroxylation is 5. The number of benzene rings is 6. The topological polar surface area (TPSA) is 10.8 Å². The Morgan fingerprint density at radius 1 is 0.547 bits per heavy atom. The molecule has 2 heterocycles. The molecule has 0 aliphatic heterocycles. The number of nitrogens with zero attached hydrogens (tertiary/aromatic N) is 3. The average Bonchev–Trinajstić information content (AvgIpc) is 3.17. The van der Waals surface area contributed by atoms with Crippen LogP contribution in [0.25, 0.3) is 44.1 Å². The zero-order valence-electron chi connectivity index (χ0n) is 31.6. The Balaban J connectivity index is 0.000000152. The fraction of sp³-hybridized carbons (Fsp3) is 0.122. The molecule has 0 saturated carbocycles. The molecule has 6 aromatic carbocycles. The summed E-state index contributed by atoms with van der Waals surface area (Å²) in [6.07, 6.45) is 7.65. The zero-order chi connectivity index (χ0) is 36.5. The van der Waals surface area contributed by atoms with Crippen LogP contribution < -0.4 is 9.13 Å². The van der Waals surface area contributed by atoms with Gasteiger partial charge in [-0.2, -0.15) is 24.3 Å². The van der Waals surface area contributed by atoms with Crippen LogP contribution in [0.2, 0.25) is 0 Å². The van der Waals surface area contributed by atoms with Gasteiger partial charge < -0.3 is 0 Å². The summed E-state index contributed by atoms with van der Waals surface area (Å²) in [6, 6.07) is 57.8. The molecule has 0 aliphatic carbocycles. The number of aromatic nitrogens is 2. The number of fused-ring (bicyclic) bond motifs is 2. The zero-order valence-corrected chi connectivity index (χ0v) is 34.4. The van der Waals surface area contributed by atoms with Crippen molar-refractivity contribution in [3.8, 4) is 22.5 Å². The van der Waals surface area contributed by atoms with Crippen molar-refractivity contribution < 1.29 is 46.4 Å². The Morgan fingerprint density at radius 2 is 1.11 bits per heavy atom. The maximum atomic E-state index is 3.33. The Kier molecular flexibility index (Phi) is 13.7. The number of rotatable bonds is 4. The van der Waals surface area contributed by atoms with E-state index >= 15 is 0 Å². The number of hydrogen-bond acceptors (Lipinski definition) is 0. The van der Waals surface area contributed by atoms with E-state index in [1.165, 1.54) is 60.8 Å². The molecule has 8 aromatic rings. The molecule has 259 valence electrons. The van der Waals surface area contributed by atoms with Crippen LogP contribution in [0.1, 0.15) is 22.3 Å². The van der Waals surface area contributed by atoms with Crippen molar-refractivity contribution in [1.29, 1.82) is 0 Å². The van der Waals surface area contributed by atoms with E-state index in [4.69, 9.17) is 0 Å². The Bertz CT molecular complexity index is 2480. The molecular weight excluding hydrogens is 719 g/mol. The van der Waals surface area contributed by atoms with Crippen LogP contribution in [0.3, 0.4) is 0 Å². The summed E-state index contributed by atoms with van der Waals surface area (Å²) >= 11 is 0. The van der Waals surface area contributed by atoms with E-state index in [-0.39, 0.29) is 32.7 Å². The van der Waals surface area contributed by atoms with Crippen LogP contribution in [0.15, 0.2) is 170 Å². The molecule has 2 aromatic heterocycles. The largest absolute Gasteiger partial charge is 0.299 e. The van der Waals surface area contributed by atoms with E-state index in [9.17, 15) is 0 Å². The third-order valence-corrected chi connectivity index (χ3v) is 9.36. The second kappa shape index (κ2) is 18.6. The molecule has 53 heavy (non-hydrogen) atoms. The van der Waals surface area contributed by atoms with E-state index in [0.29, 0.717) is 0 Å². The predicted octanol–water partition coefficient (Wildman–Crippen LogP) is 10.3. The summed E-state index contributed by atoms with van der Waals surface area (Å²) in [5, 5.41) is 5.15. The van der Waals surface area contributed by atoms with Gasteiger partial charge in [-0.1, -0.05) is 91.3 Å². The molecule has 4 heteroatoms. The fourth-order valence-corrected chi connectivity index (χ4v) is 6.44. The van der Waals surface area contributed by atoms with Crippen LogP contribution in [-0.4, -0.2) is 17.8 Å². The monoisotopic (exact) mass is 765 g/mol. The van der Waals surface area contributed by atoms with Crippen LogP contribution in [-0.2, 0) is 46.8 Å². The molecule has 1 radical (unpaired) electrons. The second-order valence-corrected chi connectivity index (χ2v) is 13.1. The standard InChI is InChI=1S/2C17H16N.C15H14N.Y/c1-13-7-3-6-10-16(13)17-11-14-8-4-5-9-15(14)12-18(17)2;1-13-7-3-5-9-15(13)17-16-10-6-4-8-14(16)11-12-18(17)2;1-13-8-6-7-9-14(13)12-16(2)15-10-4-3-5-11-15;/h2*3-12H,1-2H3;3-10H,1-2H3;/q2*+1;-1;. The first-order valence-electron chi connectivity index (χ1n) is 17.7. The Labute approximate surface area is 340 Å². The molecule has 0 amide bonds. The Morgan fingerprint density at radius 3 is 1.77 bits per heavy atom. The van der Waals surface area contributed by atoms with Gasteiger partial charge in [0.2, 0.25) is 11.4 Å². The van der Waals surface area contributed by atoms with Crippen molar-refractivity contribution >= 4 is 33.4 Å². The van der Waals surface area contributed by atoms with Crippen LogP contribution in [0, 0.1) is 26.8 Å². The first-order valence-corrected chi connectivity index (χ1v) is 17.7. The predicted molar refractivity (Wildman–Crippen MR) is 217 cm³/mol. The van der Waals surface area contributed by atoms with Gasteiger partial charge in [0.25, 0.3) is 0 Å². The van der Waals surface area contributed by atoms with Gasteiger partial charge in [-0.05, 0) is 60.0 Å². The van der Waals surface area contributed by atoms with E-state index in [1.807, 2.05) is 48.0 Å². The van der Waals surface area contributed by atoms with Gasteiger partial charge in [0, 0.05) is 67.0 Å². The van der Waals surface area contributed by atoms with E-state index < -0.39 is 0 Å². The first-order chi connectivity index (χ1) is 25.3. The van der Waals surface area contributed by atoms with Crippen molar-refractivity contribution in [3.63, 3.8) is 0 Å². The summed E-state index contributed by atoms with van der Waals surface area (Å²) in [7, 11) is 6.20. The van der Waals surface area contributed by atoms with Gasteiger partial charge in [-0.25, -0.2) is 9.13 Å². The summed E-state index contributed by atoms with van der Waals surface area (Å²) in [5.74, 6) is 0. The van der Waals surface area contributed by atoms with Gasteiger partial charge in [0.1, 0.15) is 21.1 Å². The van der Waals surface area contributed by atoms with Gasteiger partial charge in [-0.15, -0.1) is 29.8 Å². The first kappa shape index (κ1) is 39.1. The van der Waals surface area contributed by atoms with Crippen molar-refractivity contribution in [2.45, 2.75) is 20.8 Å². The molecule has 3 nitrogen and oxygen atoms in total.